The third-order valence-corrected chi connectivity index (χ3v) is 5.41. The van der Waals surface area contributed by atoms with Gasteiger partial charge >= 0.3 is 5.97 Å². The lowest BCUT2D eigenvalue weighted by Crippen LogP contribution is -2.22. The lowest BCUT2D eigenvalue weighted by molar-refractivity contribution is 0.0535. The first-order valence-corrected chi connectivity index (χ1v) is 9.71. The molecule has 0 atom stereocenters. The summed E-state index contributed by atoms with van der Waals surface area (Å²) in [6, 6.07) is 9.83. The summed E-state index contributed by atoms with van der Waals surface area (Å²) >= 11 is 0. The van der Waals surface area contributed by atoms with Gasteiger partial charge in [-0.1, -0.05) is 0 Å². The zero-order valence-electron chi connectivity index (χ0n) is 17.1. The van der Waals surface area contributed by atoms with Gasteiger partial charge in [0, 0.05) is 36.0 Å². The van der Waals surface area contributed by atoms with Crippen LogP contribution in [-0.4, -0.2) is 38.3 Å². The predicted octanol–water partition coefficient (Wildman–Crippen LogP) is 4.44. The van der Waals surface area contributed by atoms with E-state index in [0.29, 0.717) is 17.1 Å². The minimum absolute atomic E-state index is 0.274. The van der Waals surface area contributed by atoms with Crippen molar-refractivity contribution in [2.24, 2.45) is 0 Å². The van der Waals surface area contributed by atoms with Crippen LogP contribution in [0.5, 0.6) is 11.5 Å². The van der Waals surface area contributed by atoms with E-state index in [1.54, 1.807) is 14.2 Å². The standard InChI is InChI=1S/C23H24N2O4/c1-5-25(6-2)20-8-7-14(12-24-20)21-17-11-19(28-4)18(27-3)10-15(17)9-16-13-29-23(26)22(16)21/h7-12H,5-6,13H2,1-4H3. The molecule has 0 amide bonds. The molecule has 0 saturated carbocycles. The van der Waals surface area contributed by atoms with Crippen molar-refractivity contribution < 1.29 is 19.0 Å². The monoisotopic (exact) mass is 392 g/mol. The number of cyclic esters (lactones) is 1. The van der Waals surface area contributed by atoms with Crippen molar-refractivity contribution >= 4 is 22.6 Å². The number of anilines is 1. The zero-order chi connectivity index (χ0) is 20.5. The van der Waals surface area contributed by atoms with Gasteiger partial charge in [0.2, 0.25) is 0 Å². The van der Waals surface area contributed by atoms with Gasteiger partial charge in [-0.15, -0.1) is 0 Å². The number of esters is 1. The maximum atomic E-state index is 12.5. The van der Waals surface area contributed by atoms with Crippen molar-refractivity contribution in [3.63, 3.8) is 0 Å². The Bertz CT molecular complexity index is 1070. The first kappa shape index (κ1) is 19.1. The van der Waals surface area contributed by atoms with Crippen LogP contribution in [0.15, 0.2) is 36.5 Å². The van der Waals surface area contributed by atoms with Crippen molar-refractivity contribution in [1.29, 1.82) is 0 Å². The van der Waals surface area contributed by atoms with Crippen LogP contribution in [0.1, 0.15) is 29.8 Å². The van der Waals surface area contributed by atoms with Gasteiger partial charge in [-0.25, -0.2) is 9.78 Å². The number of methoxy groups -OCH3 is 2. The summed E-state index contributed by atoms with van der Waals surface area (Å²) in [6.45, 7) is 6.25. The Hall–Kier alpha value is -3.28. The molecule has 1 aromatic heterocycles. The Kier molecular flexibility index (Phi) is 5.01. The number of hydrogen-bond donors (Lipinski definition) is 0. The lowest BCUT2D eigenvalue weighted by atomic mass is 9.91. The number of carbonyl (C=O) groups is 1. The minimum atomic E-state index is -0.306. The first-order valence-electron chi connectivity index (χ1n) is 9.71. The van der Waals surface area contributed by atoms with Gasteiger partial charge in [-0.05, 0) is 55.0 Å². The molecule has 0 spiro atoms. The van der Waals surface area contributed by atoms with Crippen LogP contribution in [0.3, 0.4) is 0 Å². The van der Waals surface area contributed by atoms with E-state index < -0.39 is 0 Å². The number of ether oxygens (including phenoxy) is 3. The molecular formula is C23H24N2O4. The Morgan fingerprint density at radius 2 is 1.76 bits per heavy atom. The van der Waals surface area contributed by atoms with Crippen LogP contribution in [-0.2, 0) is 11.3 Å². The van der Waals surface area contributed by atoms with Crippen molar-refractivity contribution in [3.8, 4) is 22.6 Å². The number of carbonyl (C=O) groups excluding carboxylic acids is 1. The summed E-state index contributed by atoms with van der Waals surface area (Å²) in [5.74, 6) is 1.86. The van der Waals surface area contributed by atoms with Crippen molar-refractivity contribution in [2.45, 2.75) is 20.5 Å². The van der Waals surface area contributed by atoms with Crippen molar-refractivity contribution in [3.05, 3.63) is 47.7 Å². The Morgan fingerprint density at radius 3 is 2.38 bits per heavy atom. The number of nitrogens with zero attached hydrogens (tertiary/aromatic N) is 2. The van der Waals surface area contributed by atoms with Crippen LogP contribution in [0.2, 0.25) is 0 Å². The van der Waals surface area contributed by atoms with E-state index in [4.69, 9.17) is 14.2 Å². The lowest BCUT2D eigenvalue weighted by Gasteiger charge is -2.20. The second-order valence-corrected chi connectivity index (χ2v) is 6.87. The molecule has 150 valence electrons. The Morgan fingerprint density at radius 1 is 1.03 bits per heavy atom. The van der Waals surface area contributed by atoms with E-state index in [0.717, 1.165) is 46.4 Å². The van der Waals surface area contributed by atoms with Gasteiger partial charge < -0.3 is 19.1 Å². The van der Waals surface area contributed by atoms with Gasteiger partial charge in [0.1, 0.15) is 12.4 Å². The molecule has 0 bridgehead atoms. The maximum Gasteiger partial charge on any atom is 0.339 e. The molecule has 6 heteroatoms. The molecule has 1 aliphatic rings. The number of fused-ring (bicyclic) bond motifs is 2. The van der Waals surface area contributed by atoms with E-state index in [2.05, 4.69) is 23.7 Å². The number of pyridine rings is 1. The smallest absolute Gasteiger partial charge is 0.339 e. The first-order chi connectivity index (χ1) is 14.1. The summed E-state index contributed by atoms with van der Waals surface area (Å²) in [5.41, 5.74) is 3.16. The maximum absolute atomic E-state index is 12.5. The van der Waals surface area contributed by atoms with E-state index >= 15 is 0 Å². The fraction of sp³-hybridized carbons (Fsp3) is 0.304. The highest BCUT2D eigenvalue weighted by molar-refractivity contribution is 6.11. The van der Waals surface area contributed by atoms with E-state index in [1.807, 2.05) is 36.5 Å². The SMILES string of the molecule is CCN(CC)c1ccc(-c2c3c(cc4cc(OC)c(OC)cc24)COC3=O)cn1. The molecule has 0 saturated heterocycles. The van der Waals surface area contributed by atoms with Gasteiger partial charge in [-0.2, -0.15) is 0 Å². The number of hydrogen-bond acceptors (Lipinski definition) is 6. The minimum Gasteiger partial charge on any atom is -0.493 e. The molecule has 4 rings (SSSR count). The van der Waals surface area contributed by atoms with Crippen molar-refractivity contribution in [1.82, 2.24) is 4.98 Å². The topological polar surface area (TPSA) is 60.9 Å². The highest BCUT2D eigenvalue weighted by atomic mass is 16.5. The van der Waals surface area contributed by atoms with Gasteiger partial charge in [-0.3, -0.25) is 0 Å². The molecule has 2 heterocycles. The van der Waals surface area contributed by atoms with Crippen LogP contribution < -0.4 is 14.4 Å². The average Bonchev–Trinajstić information content (AvgIpc) is 3.12. The fourth-order valence-electron chi connectivity index (χ4n) is 3.92. The summed E-state index contributed by atoms with van der Waals surface area (Å²) in [5, 5.41) is 1.86. The second kappa shape index (κ2) is 7.62. The summed E-state index contributed by atoms with van der Waals surface area (Å²) in [7, 11) is 3.21. The summed E-state index contributed by atoms with van der Waals surface area (Å²) in [4.78, 5) is 19.4. The number of rotatable bonds is 6. The molecule has 0 aliphatic carbocycles. The van der Waals surface area contributed by atoms with E-state index in [-0.39, 0.29) is 12.6 Å². The average molecular weight is 392 g/mol. The molecule has 0 radical (unpaired) electrons. The number of benzene rings is 2. The van der Waals surface area contributed by atoms with Crippen LogP contribution in [0.4, 0.5) is 5.82 Å². The third-order valence-electron chi connectivity index (χ3n) is 5.41. The van der Waals surface area contributed by atoms with Gasteiger partial charge in [0.15, 0.2) is 11.5 Å². The zero-order valence-corrected chi connectivity index (χ0v) is 17.1. The van der Waals surface area contributed by atoms with E-state index in [9.17, 15) is 4.79 Å². The van der Waals surface area contributed by atoms with Gasteiger partial charge in [0.05, 0.1) is 19.8 Å². The summed E-state index contributed by atoms with van der Waals surface area (Å²) in [6.07, 6.45) is 1.82. The van der Waals surface area contributed by atoms with Crippen LogP contribution >= 0.6 is 0 Å². The molecule has 3 aromatic rings. The van der Waals surface area contributed by atoms with E-state index in [1.165, 1.54) is 0 Å². The third kappa shape index (κ3) is 3.14. The molecule has 0 N–H and O–H groups in total. The quantitative estimate of drug-likeness (QED) is 0.578. The van der Waals surface area contributed by atoms with Crippen molar-refractivity contribution in [2.75, 3.05) is 32.2 Å². The molecule has 0 fully saturated rings. The molecule has 6 nitrogen and oxygen atoms in total. The molecule has 29 heavy (non-hydrogen) atoms. The normalized spacial score (nSPS) is 12.6. The van der Waals surface area contributed by atoms with Crippen LogP contribution in [0, 0.1) is 0 Å². The molecule has 0 unspecified atom stereocenters. The largest absolute Gasteiger partial charge is 0.493 e. The highest BCUT2D eigenvalue weighted by Crippen LogP contribution is 2.42. The second-order valence-electron chi connectivity index (χ2n) is 6.87. The predicted molar refractivity (Wildman–Crippen MR) is 113 cm³/mol. The fourth-order valence-corrected chi connectivity index (χ4v) is 3.92. The highest BCUT2D eigenvalue weighted by Gasteiger charge is 2.28. The summed E-state index contributed by atoms with van der Waals surface area (Å²) < 4.78 is 16.3. The van der Waals surface area contributed by atoms with Crippen LogP contribution in [0.25, 0.3) is 21.9 Å². The molecular weight excluding hydrogens is 368 g/mol. The number of aromatic nitrogens is 1. The molecule has 1 aliphatic heterocycles. The van der Waals surface area contributed by atoms with Gasteiger partial charge in [0.25, 0.3) is 0 Å². The Labute approximate surface area is 170 Å². The Balaban J connectivity index is 1.97. The molecule has 2 aromatic carbocycles.